The number of nitrogens with zero attached hydrogens (tertiary/aromatic N) is 2. The van der Waals surface area contributed by atoms with E-state index in [1.165, 1.54) is 0 Å². The maximum Gasteiger partial charge on any atom is 0.410 e. The van der Waals surface area contributed by atoms with Crippen molar-refractivity contribution < 1.29 is 9.53 Å². The van der Waals surface area contributed by atoms with Crippen molar-refractivity contribution in [3.8, 4) is 0 Å². The number of hydrazine groups is 1. The van der Waals surface area contributed by atoms with Gasteiger partial charge in [0.1, 0.15) is 5.60 Å². The van der Waals surface area contributed by atoms with E-state index in [1.807, 2.05) is 25.8 Å². The number of likely N-dealkylation sites (tertiary alicyclic amines) is 1. The van der Waals surface area contributed by atoms with Crippen molar-refractivity contribution in [1.29, 1.82) is 0 Å². The Bertz CT molecular complexity index is 273. The molecule has 2 N–H and O–H groups in total. The smallest absolute Gasteiger partial charge is 0.410 e. The molecule has 0 aromatic heterocycles. The Morgan fingerprint density at radius 3 is 2.19 bits per heavy atom. The first kappa shape index (κ1) is 11.7. The lowest BCUT2D eigenvalue weighted by Gasteiger charge is -2.38. The first-order chi connectivity index (χ1) is 7.37. The van der Waals surface area contributed by atoms with E-state index < -0.39 is 5.60 Å². The zero-order chi connectivity index (χ0) is 11.9. The molecule has 2 aliphatic rings. The lowest BCUT2D eigenvalue weighted by Crippen LogP contribution is -2.58. The maximum absolute atomic E-state index is 11.9. The molecule has 0 spiro atoms. The van der Waals surface area contributed by atoms with Gasteiger partial charge in [-0.1, -0.05) is 0 Å². The van der Waals surface area contributed by atoms with Crippen LogP contribution in [0.3, 0.4) is 0 Å². The number of nitrogens with two attached hydrogens (primary N) is 1. The number of ether oxygens (including phenoxy) is 1. The first-order valence-corrected chi connectivity index (χ1v) is 5.88. The van der Waals surface area contributed by atoms with Crippen LogP contribution in [0.15, 0.2) is 0 Å². The predicted octanol–water partition coefficient (Wildman–Crippen LogP) is 0.944. The summed E-state index contributed by atoms with van der Waals surface area (Å²) in [5.41, 5.74) is -0.421. The fourth-order valence-electron chi connectivity index (χ4n) is 2.41. The molecule has 16 heavy (non-hydrogen) atoms. The molecule has 2 saturated heterocycles. The van der Waals surface area contributed by atoms with Crippen LogP contribution in [0.5, 0.6) is 0 Å². The molecule has 2 aliphatic heterocycles. The monoisotopic (exact) mass is 227 g/mol. The molecule has 92 valence electrons. The van der Waals surface area contributed by atoms with Crippen LogP contribution in [0.2, 0.25) is 0 Å². The highest BCUT2D eigenvalue weighted by atomic mass is 16.6. The highest BCUT2D eigenvalue weighted by Crippen LogP contribution is 2.27. The van der Waals surface area contributed by atoms with Crippen molar-refractivity contribution in [3.63, 3.8) is 0 Å². The molecule has 1 amide bonds. The van der Waals surface area contributed by atoms with Crippen molar-refractivity contribution >= 4 is 6.09 Å². The Labute approximate surface area is 96.5 Å². The standard InChI is InChI=1S/C11H21N3O2/c1-11(2,3)16-10(15)13-6-8-4-5-9(7-13)14(8)12/h8-9H,4-7,12H2,1-3H3. The average Bonchev–Trinajstić information content (AvgIpc) is 2.38. The van der Waals surface area contributed by atoms with Crippen LogP contribution in [0, 0.1) is 0 Å². The molecule has 0 aromatic carbocycles. The average molecular weight is 227 g/mol. The van der Waals surface area contributed by atoms with E-state index in [4.69, 9.17) is 10.6 Å². The Kier molecular flexibility index (Phi) is 2.84. The number of carbonyl (C=O) groups excluding carboxylic acids is 1. The van der Waals surface area contributed by atoms with Crippen LogP contribution < -0.4 is 5.84 Å². The van der Waals surface area contributed by atoms with E-state index in [0.29, 0.717) is 25.2 Å². The van der Waals surface area contributed by atoms with Crippen molar-refractivity contribution in [2.24, 2.45) is 5.84 Å². The van der Waals surface area contributed by atoms with Gasteiger partial charge in [-0.05, 0) is 33.6 Å². The van der Waals surface area contributed by atoms with E-state index >= 15 is 0 Å². The van der Waals surface area contributed by atoms with Gasteiger partial charge in [0.25, 0.3) is 0 Å². The van der Waals surface area contributed by atoms with Crippen LogP contribution >= 0.6 is 0 Å². The fourth-order valence-corrected chi connectivity index (χ4v) is 2.41. The lowest BCUT2D eigenvalue weighted by molar-refractivity contribution is 0.00132. The normalized spacial score (nSPS) is 30.6. The minimum Gasteiger partial charge on any atom is -0.444 e. The predicted molar refractivity (Wildman–Crippen MR) is 60.6 cm³/mol. The first-order valence-electron chi connectivity index (χ1n) is 5.88. The van der Waals surface area contributed by atoms with Crippen LogP contribution in [0.4, 0.5) is 4.79 Å². The summed E-state index contributed by atoms with van der Waals surface area (Å²) in [5, 5.41) is 1.90. The molecule has 0 radical (unpaired) electrons. The van der Waals surface area contributed by atoms with Crippen LogP contribution in [-0.2, 0) is 4.74 Å². The van der Waals surface area contributed by atoms with E-state index in [-0.39, 0.29) is 6.09 Å². The van der Waals surface area contributed by atoms with Gasteiger partial charge in [-0.15, -0.1) is 0 Å². The molecule has 5 heteroatoms. The number of fused-ring (bicyclic) bond motifs is 2. The molecule has 0 aromatic rings. The second kappa shape index (κ2) is 3.89. The number of carbonyl (C=O) groups is 1. The molecule has 2 rings (SSSR count). The fraction of sp³-hybridized carbons (Fsp3) is 0.909. The minimum atomic E-state index is -0.421. The van der Waals surface area contributed by atoms with Crippen molar-refractivity contribution in [3.05, 3.63) is 0 Å². The summed E-state index contributed by atoms with van der Waals surface area (Å²) in [5.74, 6) is 5.93. The number of piperazine rings is 1. The van der Waals surface area contributed by atoms with Crippen molar-refractivity contribution in [1.82, 2.24) is 9.91 Å². The molecule has 2 fully saturated rings. The molecule has 5 nitrogen and oxygen atoms in total. The highest BCUT2D eigenvalue weighted by Gasteiger charge is 2.40. The summed E-state index contributed by atoms with van der Waals surface area (Å²) in [6, 6.07) is 0.623. The van der Waals surface area contributed by atoms with Crippen molar-refractivity contribution in [2.45, 2.75) is 51.3 Å². The molecule has 2 heterocycles. The number of hydrogen-bond acceptors (Lipinski definition) is 4. The highest BCUT2D eigenvalue weighted by molar-refractivity contribution is 5.68. The van der Waals surface area contributed by atoms with Gasteiger partial charge in [0.15, 0.2) is 0 Å². The number of amides is 1. The summed E-state index contributed by atoms with van der Waals surface area (Å²) < 4.78 is 5.36. The molecule has 0 saturated carbocycles. The summed E-state index contributed by atoms with van der Waals surface area (Å²) in [6.45, 7) is 7.06. The molecule has 2 bridgehead atoms. The quantitative estimate of drug-likeness (QED) is 0.626. The summed E-state index contributed by atoms with van der Waals surface area (Å²) in [7, 11) is 0. The van der Waals surface area contributed by atoms with Gasteiger partial charge in [0.05, 0.1) is 0 Å². The maximum atomic E-state index is 11.9. The van der Waals surface area contributed by atoms with Gasteiger partial charge in [-0.2, -0.15) is 0 Å². The largest absolute Gasteiger partial charge is 0.444 e. The van der Waals surface area contributed by atoms with Crippen LogP contribution in [-0.4, -0.2) is 46.8 Å². The number of rotatable bonds is 0. The Morgan fingerprint density at radius 1 is 1.25 bits per heavy atom. The van der Waals surface area contributed by atoms with E-state index in [2.05, 4.69) is 0 Å². The summed E-state index contributed by atoms with van der Waals surface area (Å²) >= 11 is 0. The van der Waals surface area contributed by atoms with Crippen LogP contribution in [0.25, 0.3) is 0 Å². The van der Waals surface area contributed by atoms with Gasteiger partial charge in [-0.25, -0.2) is 9.80 Å². The van der Waals surface area contributed by atoms with Gasteiger partial charge in [0, 0.05) is 25.2 Å². The zero-order valence-electron chi connectivity index (χ0n) is 10.3. The zero-order valence-corrected chi connectivity index (χ0v) is 10.3. The topological polar surface area (TPSA) is 58.8 Å². The van der Waals surface area contributed by atoms with E-state index in [9.17, 15) is 4.79 Å². The molecule has 0 aliphatic carbocycles. The third-order valence-corrected chi connectivity index (χ3v) is 3.19. The third-order valence-electron chi connectivity index (χ3n) is 3.19. The summed E-state index contributed by atoms with van der Waals surface area (Å²) in [6.07, 6.45) is 1.96. The van der Waals surface area contributed by atoms with Gasteiger partial charge in [-0.3, -0.25) is 5.84 Å². The van der Waals surface area contributed by atoms with Gasteiger partial charge in [0.2, 0.25) is 0 Å². The van der Waals surface area contributed by atoms with Crippen LogP contribution in [0.1, 0.15) is 33.6 Å². The molecular formula is C11H21N3O2. The lowest BCUT2D eigenvalue weighted by atomic mass is 10.2. The Hall–Kier alpha value is -0.810. The summed E-state index contributed by atoms with van der Waals surface area (Å²) in [4.78, 5) is 13.7. The Balaban J connectivity index is 1.95. The van der Waals surface area contributed by atoms with Gasteiger partial charge < -0.3 is 9.64 Å². The van der Waals surface area contributed by atoms with E-state index in [0.717, 1.165) is 12.8 Å². The second-order valence-corrected chi connectivity index (χ2v) is 5.72. The van der Waals surface area contributed by atoms with Crippen molar-refractivity contribution in [2.75, 3.05) is 13.1 Å². The minimum absolute atomic E-state index is 0.211. The Morgan fingerprint density at radius 2 is 1.75 bits per heavy atom. The van der Waals surface area contributed by atoms with Gasteiger partial charge >= 0.3 is 6.09 Å². The molecule has 2 atom stereocenters. The molecule has 2 unspecified atom stereocenters. The number of hydrogen-bond donors (Lipinski definition) is 1. The third kappa shape index (κ3) is 2.30. The molecular weight excluding hydrogens is 206 g/mol. The SMILES string of the molecule is CC(C)(C)OC(=O)N1CC2CCC(C1)N2N. The second-order valence-electron chi connectivity index (χ2n) is 5.72. The van der Waals surface area contributed by atoms with E-state index in [1.54, 1.807) is 4.90 Å².